The Morgan fingerprint density at radius 2 is 1.79 bits per heavy atom. The first kappa shape index (κ1) is 21.6. The zero-order valence-corrected chi connectivity index (χ0v) is 18.9. The lowest BCUT2D eigenvalue weighted by atomic mass is 10.0. The number of furan rings is 1. The average Bonchev–Trinajstić information content (AvgIpc) is 3.09. The van der Waals surface area contributed by atoms with Crippen molar-refractivity contribution in [1.29, 1.82) is 0 Å². The summed E-state index contributed by atoms with van der Waals surface area (Å²) in [5.41, 5.74) is 1.13. The van der Waals surface area contributed by atoms with E-state index in [9.17, 15) is 14.7 Å². The predicted octanol–water partition coefficient (Wildman–Crippen LogP) is 5.80. The molecule has 1 N–H and O–H groups in total. The molecule has 0 aliphatic carbocycles. The molecule has 2 aromatic carbocycles. The molecule has 0 unspecified atom stereocenters. The summed E-state index contributed by atoms with van der Waals surface area (Å²) in [6.45, 7) is 0.00327. The number of nitrogens with zero attached hydrogens (tertiary/aromatic N) is 1. The Hall–Kier alpha value is -2.09. The van der Waals surface area contributed by atoms with Gasteiger partial charge in [-0.05, 0) is 67.8 Å². The second-order valence-corrected chi connectivity index (χ2v) is 8.38. The number of carboxylic acid groups (broad SMARTS) is 1. The van der Waals surface area contributed by atoms with Gasteiger partial charge in [0, 0.05) is 15.9 Å². The highest BCUT2D eigenvalue weighted by molar-refractivity contribution is 9.10. The van der Waals surface area contributed by atoms with Crippen LogP contribution in [0.5, 0.6) is 0 Å². The molecule has 1 heterocycles. The van der Waals surface area contributed by atoms with Gasteiger partial charge in [-0.15, -0.1) is 0 Å². The quantitative estimate of drug-likeness (QED) is 0.411. The summed E-state index contributed by atoms with van der Waals surface area (Å²) in [6.07, 6.45) is 0.162. The van der Waals surface area contributed by atoms with Gasteiger partial charge in [-0.3, -0.25) is 4.79 Å². The Morgan fingerprint density at radius 3 is 2.38 bits per heavy atom. The summed E-state index contributed by atoms with van der Waals surface area (Å²) in [5.74, 6) is -1.07. The van der Waals surface area contributed by atoms with Crippen molar-refractivity contribution >= 4 is 55.3 Å². The predicted molar refractivity (Wildman–Crippen MR) is 117 cm³/mol. The molecule has 0 fully saturated rings. The summed E-state index contributed by atoms with van der Waals surface area (Å²) >= 11 is 12.6. The van der Waals surface area contributed by atoms with Crippen molar-refractivity contribution in [3.63, 3.8) is 0 Å². The molecule has 1 atom stereocenters. The van der Waals surface area contributed by atoms with E-state index in [2.05, 4.69) is 31.9 Å². The van der Waals surface area contributed by atoms with Gasteiger partial charge in [-0.1, -0.05) is 41.9 Å². The lowest BCUT2D eigenvalue weighted by Gasteiger charge is -2.29. The second-order valence-electron chi connectivity index (χ2n) is 6.31. The van der Waals surface area contributed by atoms with Crippen LogP contribution in [0.15, 0.2) is 74.2 Å². The highest BCUT2D eigenvalue weighted by Crippen LogP contribution is 2.26. The summed E-state index contributed by atoms with van der Waals surface area (Å²) in [4.78, 5) is 26.8. The van der Waals surface area contributed by atoms with Gasteiger partial charge >= 0.3 is 5.97 Å². The molecule has 1 amide bonds. The Morgan fingerprint density at radius 1 is 1.07 bits per heavy atom. The fraction of sp³-hybridized carbons (Fsp3) is 0.143. The first-order valence-electron chi connectivity index (χ1n) is 8.62. The van der Waals surface area contributed by atoms with Crippen LogP contribution in [-0.2, 0) is 17.8 Å². The van der Waals surface area contributed by atoms with Crippen molar-refractivity contribution < 1.29 is 19.1 Å². The van der Waals surface area contributed by atoms with E-state index in [0.717, 1.165) is 5.56 Å². The molecular formula is C21H16Br2ClNO4. The van der Waals surface area contributed by atoms with E-state index in [1.807, 2.05) is 30.3 Å². The Kier molecular flexibility index (Phi) is 7.16. The van der Waals surface area contributed by atoms with Crippen LogP contribution >= 0.6 is 43.5 Å². The Bertz CT molecular complexity index is 1020. The number of rotatable bonds is 7. The number of amides is 1. The van der Waals surface area contributed by atoms with Crippen molar-refractivity contribution in [2.24, 2.45) is 0 Å². The normalized spacial score (nSPS) is 11.8. The minimum atomic E-state index is -1.10. The van der Waals surface area contributed by atoms with Gasteiger partial charge in [0.25, 0.3) is 5.91 Å². The van der Waals surface area contributed by atoms with Gasteiger partial charge in [-0.2, -0.15) is 0 Å². The minimum Gasteiger partial charge on any atom is -0.480 e. The third-order valence-electron chi connectivity index (χ3n) is 4.31. The molecule has 0 saturated carbocycles. The topological polar surface area (TPSA) is 70.8 Å². The minimum absolute atomic E-state index is 0.00327. The van der Waals surface area contributed by atoms with Gasteiger partial charge < -0.3 is 14.4 Å². The van der Waals surface area contributed by atoms with Crippen molar-refractivity contribution in [2.45, 2.75) is 19.0 Å². The zero-order chi connectivity index (χ0) is 21.0. The number of carbonyl (C=O) groups excluding carboxylic acids is 1. The molecule has 0 spiro atoms. The molecule has 3 rings (SSSR count). The number of hydrogen-bond donors (Lipinski definition) is 1. The summed E-state index contributed by atoms with van der Waals surface area (Å²) in [6, 6.07) is 16.3. The average molecular weight is 542 g/mol. The zero-order valence-electron chi connectivity index (χ0n) is 15.0. The number of halogens is 3. The van der Waals surface area contributed by atoms with Gasteiger partial charge in [0.05, 0.1) is 12.1 Å². The standard InChI is InChI=1S/C21H16Br2ClNO4/c22-17-11-14(24)6-8-16(17)20(26)25(12-15-7-9-19(23)29-15)18(21(27)28)10-13-4-2-1-3-5-13/h1-9,11,18H,10,12H2,(H,27,28)/t18-/m0/s1. The molecule has 3 aromatic rings. The van der Waals surface area contributed by atoms with Crippen LogP contribution in [-0.4, -0.2) is 27.9 Å². The highest BCUT2D eigenvalue weighted by atomic mass is 79.9. The van der Waals surface area contributed by atoms with Crippen LogP contribution in [0.25, 0.3) is 0 Å². The number of hydrogen-bond acceptors (Lipinski definition) is 3. The number of benzene rings is 2. The summed E-state index contributed by atoms with van der Waals surface area (Å²) < 4.78 is 6.52. The maximum atomic E-state index is 13.4. The molecule has 0 saturated heterocycles. The maximum absolute atomic E-state index is 13.4. The number of carboxylic acids is 1. The second kappa shape index (κ2) is 9.61. The van der Waals surface area contributed by atoms with E-state index in [0.29, 0.717) is 25.5 Å². The lowest BCUT2D eigenvalue weighted by Crippen LogP contribution is -2.46. The molecule has 0 bridgehead atoms. The van der Waals surface area contributed by atoms with Gasteiger partial charge in [0.15, 0.2) is 4.67 Å². The van der Waals surface area contributed by atoms with Crippen molar-refractivity contribution in [3.05, 3.63) is 91.7 Å². The van der Waals surface area contributed by atoms with Crippen LogP contribution in [0.1, 0.15) is 21.7 Å². The van der Waals surface area contributed by atoms with Crippen molar-refractivity contribution in [3.8, 4) is 0 Å². The van der Waals surface area contributed by atoms with E-state index < -0.39 is 17.9 Å². The lowest BCUT2D eigenvalue weighted by molar-refractivity contribution is -0.142. The molecule has 5 nitrogen and oxygen atoms in total. The molecule has 1 aromatic heterocycles. The van der Waals surface area contributed by atoms with E-state index in [4.69, 9.17) is 16.0 Å². The molecule has 8 heteroatoms. The summed E-state index contributed by atoms with van der Waals surface area (Å²) in [7, 11) is 0. The fourth-order valence-electron chi connectivity index (χ4n) is 2.91. The van der Waals surface area contributed by atoms with Gasteiger partial charge in [0.2, 0.25) is 0 Å². The fourth-order valence-corrected chi connectivity index (χ4v) is 4.11. The van der Waals surface area contributed by atoms with E-state index in [-0.39, 0.29) is 13.0 Å². The van der Waals surface area contributed by atoms with Crippen LogP contribution in [0, 0.1) is 0 Å². The van der Waals surface area contributed by atoms with Gasteiger partial charge in [0.1, 0.15) is 11.8 Å². The third-order valence-corrected chi connectivity index (χ3v) is 5.63. The molecule has 0 aliphatic rings. The SMILES string of the molecule is O=C(O)[C@H](Cc1ccccc1)N(Cc1ccc(Br)o1)C(=O)c1ccc(Cl)cc1Br. The third kappa shape index (κ3) is 5.50. The van der Waals surface area contributed by atoms with Crippen LogP contribution in [0.4, 0.5) is 0 Å². The summed E-state index contributed by atoms with van der Waals surface area (Å²) in [5, 5.41) is 10.4. The van der Waals surface area contributed by atoms with E-state index >= 15 is 0 Å². The molecule has 150 valence electrons. The monoisotopic (exact) mass is 539 g/mol. The number of aliphatic carboxylic acids is 1. The Balaban J connectivity index is 2.00. The first-order valence-corrected chi connectivity index (χ1v) is 10.6. The number of carbonyl (C=O) groups is 2. The highest BCUT2D eigenvalue weighted by Gasteiger charge is 2.32. The molecular weight excluding hydrogens is 525 g/mol. The van der Waals surface area contributed by atoms with E-state index in [1.165, 1.54) is 4.90 Å². The first-order chi connectivity index (χ1) is 13.8. The smallest absolute Gasteiger partial charge is 0.326 e. The van der Waals surface area contributed by atoms with Crippen molar-refractivity contribution in [1.82, 2.24) is 4.90 Å². The Labute approximate surface area is 189 Å². The largest absolute Gasteiger partial charge is 0.480 e. The van der Waals surface area contributed by atoms with Crippen molar-refractivity contribution in [2.75, 3.05) is 0 Å². The van der Waals surface area contributed by atoms with Crippen LogP contribution < -0.4 is 0 Å². The van der Waals surface area contributed by atoms with Crippen LogP contribution in [0.2, 0.25) is 5.02 Å². The molecule has 0 radical (unpaired) electrons. The molecule has 29 heavy (non-hydrogen) atoms. The maximum Gasteiger partial charge on any atom is 0.326 e. The van der Waals surface area contributed by atoms with E-state index in [1.54, 1.807) is 30.3 Å². The van der Waals surface area contributed by atoms with Crippen LogP contribution in [0.3, 0.4) is 0 Å². The van der Waals surface area contributed by atoms with Gasteiger partial charge in [-0.25, -0.2) is 4.79 Å². The molecule has 0 aliphatic heterocycles.